The molecule has 0 unspecified atom stereocenters. The number of thioether (sulfide) groups is 1. The van der Waals surface area contributed by atoms with Crippen LogP contribution in [0.1, 0.15) is 50.2 Å². The highest BCUT2D eigenvalue weighted by Gasteiger charge is 2.30. The normalized spacial score (nSPS) is 15.0. The van der Waals surface area contributed by atoms with Gasteiger partial charge in [0.15, 0.2) is 5.16 Å². The molecule has 3 aromatic rings. The SMILES string of the molecule is CC(C)c1nnc(SCc2cn3cc(Cl)ccc3n2)n1C1CC1. The Bertz CT molecular complexity index is 849. The van der Waals surface area contributed by atoms with E-state index in [1.165, 1.54) is 12.8 Å². The summed E-state index contributed by atoms with van der Waals surface area (Å²) in [4.78, 5) is 4.63. The minimum Gasteiger partial charge on any atom is -0.305 e. The number of halogens is 1. The molecule has 3 heterocycles. The molecule has 0 atom stereocenters. The van der Waals surface area contributed by atoms with Gasteiger partial charge in [-0.25, -0.2) is 4.98 Å². The van der Waals surface area contributed by atoms with Crippen LogP contribution in [0, 0.1) is 0 Å². The van der Waals surface area contributed by atoms with Crippen LogP contribution in [0.25, 0.3) is 5.65 Å². The zero-order valence-corrected chi connectivity index (χ0v) is 14.7. The number of aromatic nitrogens is 5. The van der Waals surface area contributed by atoms with E-state index in [1.54, 1.807) is 11.8 Å². The van der Waals surface area contributed by atoms with Gasteiger partial charge in [-0.2, -0.15) is 0 Å². The number of imidazole rings is 1. The summed E-state index contributed by atoms with van der Waals surface area (Å²) in [5.41, 5.74) is 1.94. The van der Waals surface area contributed by atoms with Gasteiger partial charge in [-0.1, -0.05) is 37.2 Å². The Morgan fingerprint density at radius 1 is 1.26 bits per heavy atom. The molecule has 3 aromatic heterocycles. The lowest BCUT2D eigenvalue weighted by molar-refractivity contribution is 0.599. The topological polar surface area (TPSA) is 48.0 Å². The minimum atomic E-state index is 0.398. The molecule has 120 valence electrons. The van der Waals surface area contributed by atoms with Gasteiger partial charge in [0, 0.05) is 30.1 Å². The lowest BCUT2D eigenvalue weighted by Gasteiger charge is -2.10. The second-order valence-electron chi connectivity index (χ2n) is 6.23. The highest BCUT2D eigenvalue weighted by atomic mass is 35.5. The third kappa shape index (κ3) is 2.97. The Hall–Kier alpha value is -1.53. The maximum atomic E-state index is 6.02. The molecular weight excluding hydrogens is 330 g/mol. The first-order valence-electron chi connectivity index (χ1n) is 7.82. The van der Waals surface area contributed by atoms with E-state index in [0.717, 1.165) is 28.1 Å². The van der Waals surface area contributed by atoms with Gasteiger partial charge in [-0.15, -0.1) is 10.2 Å². The summed E-state index contributed by atoms with van der Waals surface area (Å²) < 4.78 is 4.28. The number of nitrogens with zero attached hydrogens (tertiary/aromatic N) is 5. The molecule has 0 bridgehead atoms. The van der Waals surface area contributed by atoms with Crippen LogP contribution in [0.4, 0.5) is 0 Å². The first-order valence-corrected chi connectivity index (χ1v) is 9.19. The summed E-state index contributed by atoms with van der Waals surface area (Å²) in [6.07, 6.45) is 6.37. The van der Waals surface area contributed by atoms with Crippen molar-refractivity contribution < 1.29 is 0 Å². The number of rotatable bonds is 5. The molecule has 5 nitrogen and oxygen atoms in total. The molecule has 1 saturated carbocycles. The lowest BCUT2D eigenvalue weighted by atomic mass is 10.2. The molecule has 4 rings (SSSR count). The average molecular weight is 348 g/mol. The molecule has 0 N–H and O–H groups in total. The van der Waals surface area contributed by atoms with E-state index in [9.17, 15) is 0 Å². The fourth-order valence-electron chi connectivity index (χ4n) is 2.68. The summed E-state index contributed by atoms with van der Waals surface area (Å²) in [6, 6.07) is 4.38. The smallest absolute Gasteiger partial charge is 0.191 e. The average Bonchev–Trinajstić information content (AvgIpc) is 3.13. The van der Waals surface area contributed by atoms with Crippen molar-refractivity contribution in [1.82, 2.24) is 24.1 Å². The largest absolute Gasteiger partial charge is 0.305 e. The van der Waals surface area contributed by atoms with Gasteiger partial charge in [0.05, 0.1) is 10.7 Å². The Kier molecular flexibility index (Phi) is 3.81. The zero-order valence-electron chi connectivity index (χ0n) is 13.1. The van der Waals surface area contributed by atoms with Gasteiger partial charge in [-0.3, -0.25) is 0 Å². The van der Waals surface area contributed by atoms with E-state index in [1.807, 2.05) is 28.9 Å². The van der Waals surface area contributed by atoms with E-state index in [0.29, 0.717) is 17.0 Å². The van der Waals surface area contributed by atoms with Crippen LogP contribution in [-0.2, 0) is 5.75 Å². The molecule has 0 amide bonds. The lowest BCUT2D eigenvalue weighted by Crippen LogP contribution is -2.04. The van der Waals surface area contributed by atoms with Crippen LogP contribution in [-0.4, -0.2) is 24.1 Å². The third-order valence-electron chi connectivity index (χ3n) is 3.93. The predicted molar refractivity (Wildman–Crippen MR) is 92.1 cm³/mol. The summed E-state index contributed by atoms with van der Waals surface area (Å²) in [5.74, 6) is 2.27. The fourth-order valence-corrected chi connectivity index (χ4v) is 3.75. The van der Waals surface area contributed by atoms with Gasteiger partial charge < -0.3 is 8.97 Å². The molecule has 0 spiro atoms. The van der Waals surface area contributed by atoms with Crippen molar-refractivity contribution >= 4 is 29.0 Å². The second kappa shape index (κ2) is 5.83. The van der Waals surface area contributed by atoms with Gasteiger partial charge in [0.25, 0.3) is 0 Å². The highest BCUT2D eigenvalue weighted by Crippen LogP contribution is 2.40. The van der Waals surface area contributed by atoms with Crippen molar-refractivity contribution in [2.75, 3.05) is 0 Å². The molecule has 23 heavy (non-hydrogen) atoms. The van der Waals surface area contributed by atoms with Crippen molar-refractivity contribution in [3.63, 3.8) is 0 Å². The van der Waals surface area contributed by atoms with Gasteiger partial charge >= 0.3 is 0 Å². The molecule has 1 aliphatic rings. The van der Waals surface area contributed by atoms with Crippen molar-refractivity contribution in [2.24, 2.45) is 0 Å². The molecule has 7 heteroatoms. The van der Waals surface area contributed by atoms with Gasteiger partial charge in [0.1, 0.15) is 11.5 Å². The fraction of sp³-hybridized carbons (Fsp3) is 0.438. The monoisotopic (exact) mass is 347 g/mol. The predicted octanol–water partition coefficient (Wildman–Crippen LogP) is 4.33. The number of hydrogen-bond acceptors (Lipinski definition) is 4. The highest BCUT2D eigenvalue weighted by molar-refractivity contribution is 7.98. The molecule has 0 radical (unpaired) electrons. The van der Waals surface area contributed by atoms with Crippen molar-refractivity contribution in [1.29, 1.82) is 0 Å². The molecule has 1 fully saturated rings. The van der Waals surface area contributed by atoms with E-state index in [2.05, 4.69) is 33.6 Å². The molecule has 0 aromatic carbocycles. The van der Waals surface area contributed by atoms with Crippen molar-refractivity contribution in [3.05, 3.63) is 41.1 Å². The Balaban J connectivity index is 1.56. The minimum absolute atomic E-state index is 0.398. The van der Waals surface area contributed by atoms with Crippen LogP contribution < -0.4 is 0 Å². The zero-order chi connectivity index (χ0) is 16.0. The summed E-state index contributed by atoms with van der Waals surface area (Å²) >= 11 is 7.73. The van der Waals surface area contributed by atoms with Crippen molar-refractivity contribution in [2.45, 2.75) is 49.6 Å². The van der Waals surface area contributed by atoms with E-state index < -0.39 is 0 Å². The second-order valence-corrected chi connectivity index (χ2v) is 7.61. The summed E-state index contributed by atoms with van der Waals surface area (Å²) in [7, 11) is 0. The Morgan fingerprint density at radius 2 is 2.09 bits per heavy atom. The van der Waals surface area contributed by atoms with E-state index in [-0.39, 0.29) is 0 Å². The standard InChI is InChI=1S/C16H18ClN5S/c1-10(2)15-19-20-16(22(15)13-4-5-13)23-9-12-8-21-7-11(17)3-6-14(21)18-12/h3,6-8,10,13H,4-5,9H2,1-2H3. The molecule has 0 aliphatic heterocycles. The first-order chi connectivity index (χ1) is 11.1. The van der Waals surface area contributed by atoms with Crippen LogP contribution in [0.2, 0.25) is 5.02 Å². The van der Waals surface area contributed by atoms with Crippen LogP contribution in [0.3, 0.4) is 0 Å². The maximum Gasteiger partial charge on any atom is 0.191 e. The maximum absolute atomic E-state index is 6.02. The number of pyridine rings is 1. The van der Waals surface area contributed by atoms with Gasteiger partial charge in [0.2, 0.25) is 0 Å². The van der Waals surface area contributed by atoms with Crippen LogP contribution >= 0.6 is 23.4 Å². The quantitative estimate of drug-likeness (QED) is 0.644. The number of fused-ring (bicyclic) bond motifs is 1. The molecule has 0 saturated heterocycles. The van der Waals surface area contributed by atoms with Crippen LogP contribution in [0.5, 0.6) is 0 Å². The van der Waals surface area contributed by atoms with E-state index >= 15 is 0 Å². The third-order valence-corrected chi connectivity index (χ3v) is 5.13. The Morgan fingerprint density at radius 3 is 2.83 bits per heavy atom. The van der Waals surface area contributed by atoms with E-state index in [4.69, 9.17) is 11.6 Å². The molecule has 1 aliphatic carbocycles. The first kappa shape index (κ1) is 15.0. The summed E-state index contributed by atoms with van der Waals surface area (Å²) in [5, 5.41) is 10.5. The summed E-state index contributed by atoms with van der Waals surface area (Å²) in [6.45, 7) is 4.34. The van der Waals surface area contributed by atoms with Crippen LogP contribution in [0.15, 0.2) is 29.7 Å². The van der Waals surface area contributed by atoms with Gasteiger partial charge in [-0.05, 0) is 25.0 Å². The van der Waals surface area contributed by atoms with Crippen molar-refractivity contribution in [3.8, 4) is 0 Å². The number of hydrogen-bond donors (Lipinski definition) is 0. The Labute approximate surface area is 144 Å². The molecular formula is C16H18ClN5S.